The Balaban J connectivity index is 1.74. The minimum atomic E-state index is 0.535. The lowest BCUT2D eigenvalue weighted by Crippen LogP contribution is -1.98. The van der Waals surface area contributed by atoms with Gasteiger partial charge in [-0.2, -0.15) is 0 Å². The number of para-hydroxylation sites is 2. The van der Waals surface area contributed by atoms with Crippen molar-refractivity contribution in [3.63, 3.8) is 0 Å². The molecule has 6 aromatic rings. The van der Waals surface area contributed by atoms with Crippen LogP contribution >= 0.6 is 0 Å². The molecule has 6 rings (SSSR count). The van der Waals surface area contributed by atoms with Crippen molar-refractivity contribution in [3.05, 3.63) is 131 Å². The Morgan fingerprint density at radius 2 is 0.912 bits per heavy atom. The molecule has 4 nitrogen and oxygen atoms in total. The fourth-order valence-corrected chi connectivity index (χ4v) is 4.35. The van der Waals surface area contributed by atoms with Crippen LogP contribution in [0.1, 0.15) is 34.0 Å². The number of aromatic nitrogens is 2. The predicted octanol–water partition coefficient (Wildman–Crippen LogP) is 7.59. The van der Waals surface area contributed by atoms with E-state index in [1.54, 1.807) is 0 Å². The first-order valence-corrected chi connectivity index (χ1v) is 11.3. The number of nitrogens with zero attached hydrogens (tertiary/aromatic N) is 2. The Morgan fingerprint density at radius 1 is 0.500 bits per heavy atom. The second-order valence-corrected chi connectivity index (χ2v) is 8.36. The third-order valence-corrected chi connectivity index (χ3v) is 6.04. The summed E-state index contributed by atoms with van der Waals surface area (Å²) in [7, 11) is 0. The normalized spacial score (nSPS) is 12.3. The van der Waals surface area contributed by atoms with Crippen LogP contribution < -0.4 is 0 Å². The maximum absolute atomic E-state index is 6.35. The second kappa shape index (κ2) is 8.16. The number of rotatable bonds is 4. The topological polar surface area (TPSA) is 52.1 Å². The van der Waals surface area contributed by atoms with E-state index in [1.165, 1.54) is 0 Å². The average Bonchev–Trinajstić information content (AvgIpc) is 3.49. The van der Waals surface area contributed by atoms with Crippen LogP contribution in [0.4, 0.5) is 0 Å². The molecule has 0 radical (unpaired) electrons. The Bertz CT molecular complexity index is 1530. The summed E-state index contributed by atoms with van der Waals surface area (Å²) in [5, 5.41) is 0. The number of hydrogen-bond acceptors (Lipinski definition) is 4. The third kappa shape index (κ3) is 3.41. The molecule has 0 saturated carbocycles. The van der Waals surface area contributed by atoms with E-state index >= 15 is 0 Å². The van der Waals surface area contributed by atoms with Crippen molar-refractivity contribution in [2.24, 2.45) is 0 Å². The molecule has 164 valence electrons. The van der Waals surface area contributed by atoms with E-state index in [4.69, 9.17) is 18.8 Å². The van der Waals surface area contributed by atoms with Gasteiger partial charge in [0, 0.05) is 0 Å². The molecule has 0 atom stereocenters. The summed E-state index contributed by atoms with van der Waals surface area (Å²) in [4.78, 5) is 9.88. The largest absolute Gasteiger partial charge is 0.436 e. The first kappa shape index (κ1) is 20.2. The van der Waals surface area contributed by atoms with Gasteiger partial charge in [-0.15, -0.1) is 0 Å². The molecule has 0 unspecified atom stereocenters. The zero-order valence-electron chi connectivity index (χ0n) is 18.9. The number of fused-ring (bicyclic) bond motifs is 2. The first-order chi connectivity index (χ1) is 16.7. The Hall–Kier alpha value is -4.44. The van der Waals surface area contributed by atoms with Crippen LogP contribution in [0, 0.1) is 13.8 Å². The Morgan fingerprint density at radius 3 is 1.29 bits per heavy atom. The maximum Gasteiger partial charge on any atom is 0.228 e. The van der Waals surface area contributed by atoms with Gasteiger partial charge in [0.2, 0.25) is 11.8 Å². The van der Waals surface area contributed by atoms with Crippen molar-refractivity contribution >= 4 is 33.3 Å². The first-order valence-electron chi connectivity index (χ1n) is 11.3. The molecule has 0 aliphatic rings. The van der Waals surface area contributed by atoms with Gasteiger partial charge < -0.3 is 8.83 Å². The van der Waals surface area contributed by atoms with Crippen molar-refractivity contribution < 1.29 is 8.83 Å². The molecule has 0 saturated heterocycles. The minimum Gasteiger partial charge on any atom is -0.436 e. The summed E-state index contributed by atoms with van der Waals surface area (Å²) < 4.78 is 12.7. The van der Waals surface area contributed by atoms with Crippen molar-refractivity contribution in [1.29, 1.82) is 0 Å². The van der Waals surface area contributed by atoms with E-state index in [0.717, 1.165) is 55.6 Å². The van der Waals surface area contributed by atoms with E-state index in [2.05, 4.69) is 24.3 Å². The molecule has 0 N–H and O–H groups in total. The van der Waals surface area contributed by atoms with E-state index < -0.39 is 0 Å². The zero-order valence-corrected chi connectivity index (χ0v) is 18.9. The van der Waals surface area contributed by atoms with Gasteiger partial charge in [0.1, 0.15) is 11.0 Å². The van der Waals surface area contributed by atoms with Gasteiger partial charge >= 0.3 is 0 Å². The van der Waals surface area contributed by atoms with Gasteiger partial charge in [-0.1, -0.05) is 84.9 Å². The van der Waals surface area contributed by atoms with Crippen molar-refractivity contribution in [2.75, 3.05) is 0 Å². The zero-order chi connectivity index (χ0) is 23.1. The van der Waals surface area contributed by atoms with Gasteiger partial charge in [-0.25, -0.2) is 9.97 Å². The number of hydrogen-bond donors (Lipinski definition) is 0. The molecule has 4 aromatic carbocycles. The van der Waals surface area contributed by atoms with Gasteiger partial charge in [0.25, 0.3) is 0 Å². The summed E-state index contributed by atoms with van der Waals surface area (Å²) >= 11 is 0. The molecule has 4 heteroatoms. The van der Waals surface area contributed by atoms with E-state index in [9.17, 15) is 0 Å². The number of aryl methyl sites for hydroxylation is 2. The summed E-state index contributed by atoms with van der Waals surface area (Å²) in [6.07, 6.45) is 0. The van der Waals surface area contributed by atoms with Crippen LogP contribution in [0.5, 0.6) is 0 Å². The summed E-state index contributed by atoms with van der Waals surface area (Å²) in [6, 6.07) is 32.3. The van der Waals surface area contributed by atoms with Crippen molar-refractivity contribution in [1.82, 2.24) is 9.97 Å². The summed E-state index contributed by atoms with van der Waals surface area (Å²) in [5.41, 5.74) is 8.98. The van der Waals surface area contributed by atoms with Crippen molar-refractivity contribution in [2.45, 2.75) is 13.8 Å². The summed E-state index contributed by atoms with van der Waals surface area (Å²) in [5.74, 6) is 1.07. The smallest absolute Gasteiger partial charge is 0.228 e. The minimum absolute atomic E-state index is 0.535. The monoisotopic (exact) mass is 442 g/mol. The molecule has 0 amide bonds. The fraction of sp³-hybridized carbons (Fsp3) is 0.0667. The van der Waals surface area contributed by atoms with Gasteiger partial charge in [-0.3, -0.25) is 0 Å². The van der Waals surface area contributed by atoms with Gasteiger partial charge in [-0.05, 0) is 48.2 Å². The Kier molecular flexibility index (Phi) is 4.84. The fourth-order valence-electron chi connectivity index (χ4n) is 4.35. The summed E-state index contributed by atoms with van der Waals surface area (Å²) in [6.45, 7) is 4.09. The highest BCUT2D eigenvalue weighted by Crippen LogP contribution is 2.38. The second-order valence-electron chi connectivity index (χ2n) is 8.36. The molecule has 2 heterocycles. The van der Waals surface area contributed by atoms with Crippen LogP contribution in [-0.4, -0.2) is 9.97 Å². The SMILES string of the molecule is Cc1cccc2oc(C(=C(c3ccccc3)c3nc4c(C)cccc4o3)c3ccccc3)nc12. The maximum atomic E-state index is 6.35. The highest BCUT2D eigenvalue weighted by Gasteiger charge is 2.24. The lowest BCUT2D eigenvalue weighted by Gasteiger charge is -2.12. The standard InChI is InChI=1S/C30H22N2O2/c1-19-11-9-17-23-27(19)31-29(33-23)25(21-13-5-3-6-14-21)26(22-15-7-4-8-16-22)30-32-28-20(2)12-10-18-24(28)34-30/h3-18H,1-2H3. The van der Waals surface area contributed by atoms with Crippen molar-refractivity contribution in [3.8, 4) is 0 Å². The molecular weight excluding hydrogens is 420 g/mol. The van der Waals surface area contributed by atoms with Crippen LogP contribution in [0.3, 0.4) is 0 Å². The lowest BCUT2D eigenvalue weighted by atomic mass is 9.94. The Labute approximate surface area is 197 Å². The molecule has 0 spiro atoms. The molecule has 0 aliphatic carbocycles. The van der Waals surface area contributed by atoms with E-state index in [0.29, 0.717) is 11.8 Å². The highest BCUT2D eigenvalue weighted by molar-refractivity contribution is 6.02. The van der Waals surface area contributed by atoms with Gasteiger partial charge in [0.15, 0.2) is 11.2 Å². The lowest BCUT2D eigenvalue weighted by molar-refractivity contribution is 0.578. The van der Waals surface area contributed by atoms with E-state index in [-0.39, 0.29) is 0 Å². The number of oxazole rings is 2. The number of benzene rings is 4. The van der Waals surface area contributed by atoms with Gasteiger partial charge in [0.05, 0.1) is 11.1 Å². The van der Waals surface area contributed by atoms with Crippen LogP contribution in [0.25, 0.3) is 33.3 Å². The van der Waals surface area contributed by atoms with Crippen LogP contribution in [-0.2, 0) is 0 Å². The molecular formula is C30H22N2O2. The molecule has 0 bridgehead atoms. The highest BCUT2D eigenvalue weighted by atomic mass is 16.4. The molecule has 0 aliphatic heterocycles. The third-order valence-electron chi connectivity index (χ3n) is 6.04. The van der Waals surface area contributed by atoms with Crippen LogP contribution in [0.2, 0.25) is 0 Å². The van der Waals surface area contributed by atoms with E-state index in [1.807, 2.05) is 86.6 Å². The average molecular weight is 443 g/mol. The predicted molar refractivity (Wildman–Crippen MR) is 135 cm³/mol. The molecule has 34 heavy (non-hydrogen) atoms. The van der Waals surface area contributed by atoms with Crippen LogP contribution in [0.15, 0.2) is 106 Å². The quantitative estimate of drug-likeness (QED) is 0.264. The molecule has 0 fully saturated rings. The molecule has 2 aromatic heterocycles.